The molecule has 0 radical (unpaired) electrons. The minimum Gasteiger partial charge on any atom is -0.325 e. The second kappa shape index (κ2) is 10.9. The van der Waals surface area contributed by atoms with Crippen molar-refractivity contribution >= 4 is 9.12 Å². The predicted octanol–water partition coefficient (Wildman–Crippen LogP) is 3.97. The van der Waals surface area contributed by atoms with E-state index in [-0.39, 0.29) is 0 Å². The Morgan fingerprint density at radius 1 is 0.542 bits per heavy atom. The standard InChI is InChI=1S/C20H41N3Si/c1-4-10-18(11-5-1)21-16-17-24(22-19-12-6-2-7-13-19)23-20-14-8-3-9-15-20/h18-24H,1-17H2. The minimum absolute atomic E-state index is 0.817. The number of nitrogens with one attached hydrogen (secondary N) is 3. The molecule has 4 heteroatoms. The highest BCUT2D eigenvalue weighted by molar-refractivity contribution is 6.53. The largest absolute Gasteiger partial charge is 0.325 e. The van der Waals surface area contributed by atoms with Crippen molar-refractivity contribution in [1.82, 2.24) is 15.3 Å². The molecular formula is C20H41N3Si. The highest BCUT2D eigenvalue weighted by atomic mass is 28.3. The summed E-state index contributed by atoms with van der Waals surface area (Å²) in [7, 11) is -1.01. The summed E-state index contributed by atoms with van der Waals surface area (Å²) in [5, 5.41) is 3.88. The van der Waals surface area contributed by atoms with Gasteiger partial charge in [0.05, 0.1) is 0 Å². The summed E-state index contributed by atoms with van der Waals surface area (Å²) in [6, 6.07) is 3.84. The van der Waals surface area contributed by atoms with Gasteiger partial charge in [0, 0.05) is 18.1 Å². The summed E-state index contributed by atoms with van der Waals surface area (Å²) in [5.41, 5.74) is 0. The zero-order chi connectivity index (χ0) is 16.5. The third-order valence-corrected chi connectivity index (χ3v) is 9.17. The first-order chi connectivity index (χ1) is 11.9. The molecule has 24 heavy (non-hydrogen) atoms. The second-order valence-electron chi connectivity index (χ2n) is 8.63. The van der Waals surface area contributed by atoms with Crippen LogP contribution in [0, 0.1) is 0 Å². The Bertz CT molecular complexity index is 301. The molecular weight excluding hydrogens is 310 g/mol. The zero-order valence-electron chi connectivity index (χ0n) is 15.8. The summed E-state index contributed by atoms with van der Waals surface area (Å²) in [4.78, 5) is 8.26. The van der Waals surface area contributed by atoms with E-state index in [1.165, 1.54) is 109 Å². The van der Waals surface area contributed by atoms with Crippen molar-refractivity contribution in [2.24, 2.45) is 0 Å². The highest BCUT2D eigenvalue weighted by Crippen LogP contribution is 2.20. The molecule has 3 nitrogen and oxygen atoms in total. The molecule has 0 amide bonds. The Labute approximate surface area is 151 Å². The van der Waals surface area contributed by atoms with Gasteiger partial charge in [0.25, 0.3) is 0 Å². The van der Waals surface area contributed by atoms with Crippen molar-refractivity contribution in [2.45, 2.75) is 120 Å². The van der Waals surface area contributed by atoms with Crippen LogP contribution in [-0.2, 0) is 0 Å². The van der Waals surface area contributed by atoms with Crippen LogP contribution in [-0.4, -0.2) is 33.8 Å². The lowest BCUT2D eigenvalue weighted by molar-refractivity contribution is 0.376. The first-order valence-corrected chi connectivity index (χ1v) is 13.1. The van der Waals surface area contributed by atoms with Gasteiger partial charge in [-0.25, -0.2) is 0 Å². The maximum Gasteiger partial charge on any atom is 0.186 e. The van der Waals surface area contributed by atoms with Crippen molar-refractivity contribution in [3.63, 3.8) is 0 Å². The lowest BCUT2D eigenvalue weighted by atomic mass is 9.96. The Hall–Kier alpha value is 0.0969. The Kier molecular flexibility index (Phi) is 8.61. The molecule has 3 saturated carbocycles. The van der Waals surface area contributed by atoms with Crippen LogP contribution in [0.5, 0.6) is 0 Å². The Balaban J connectivity index is 1.42. The van der Waals surface area contributed by atoms with Crippen LogP contribution in [0.3, 0.4) is 0 Å². The quantitative estimate of drug-likeness (QED) is 0.579. The fraction of sp³-hybridized carbons (Fsp3) is 1.00. The Morgan fingerprint density at radius 3 is 1.42 bits per heavy atom. The summed E-state index contributed by atoms with van der Waals surface area (Å²) in [5.74, 6) is 0. The molecule has 3 aliphatic carbocycles. The van der Waals surface area contributed by atoms with Gasteiger partial charge in [0.2, 0.25) is 0 Å². The van der Waals surface area contributed by atoms with Gasteiger partial charge in [-0.1, -0.05) is 57.8 Å². The molecule has 0 atom stereocenters. The van der Waals surface area contributed by atoms with E-state index in [0.29, 0.717) is 0 Å². The predicted molar refractivity (Wildman–Crippen MR) is 107 cm³/mol. The fourth-order valence-electron chi connectivity index (χ4n) is 5.06. The second-order valence-corrected chi connectivity index (χ2v) is 11.0. The fourth-order valence-corrected chi connectivity index (χ4v) is 7.75. The smallest absolute Gasteiger partial charge is 0.186 e. The molecule has 0 spiro atoms. The zero-order valence-corrected chi connectivity index (χ0v) is 17.0. The average Bonchev–Trinajstić information content (AvgIpc) is 2.64. The van der Waals surface area contributed by atoms with Crippen molar-refractivity contribution < 1.29 is 0 Å². The van der Waals surface area contributed by atoms with E-state index in [1.54, 1.807) is 0 Å². The first kappa shape index (κ1) is 18.9. The lowest BCUT2D eigenvalue weighted by Gasteiger charge is -2.33. The van der Waals surface area contributed by atoms with Crippen LogP contribution >= 0.6 is 0 Å². The topological polar surface area (TPSA) is 36.1 Å². The van der Waals surface area contributed by atoms with E-state index in [2.05, 4.69) is 15.3 Å². The van der Waals surface area contributed by atoms with Crippen molar-refractivity contribution in [3.8, 4) is 0 Å². The molecule has 3 rings (SSSR count). The van der Waals surface area contributed by atoms with Gasteiger partial charge in [0.1, 0.15) is 0 Å². The molecule has 0 aromatic heterocycles. The van der Waals surface area contributed by atoms with Crippen LogP contribution in [0.15, 0.2) is 0 Å². The van der Waals surface area contributed by atoms with E-state index < -0.39 is 9.12 Å². The molecule has 0 aromatic carbocycles. The van der Waals surface area contributed by atoms with Crippen LogP contribution in [0.1, 0.15) is 96.3 Å². The molecule has 0 bridgehead atoms. The molecule has 0 unspecified atom stereocenters. The monoisotopic (exact) mass is 351 g/mol. The van der Waals surface area contributed by atoms with E-state index in [4.69, 9.17) is 0 Å². The van der Waals surface area contributed by atoms with E-state index >= 15 is 0 Å². The van der Waals surface area contributed by atoms with Gasteiger partial charge >= 0.3 is 0 Å². The number of hydrogen-bond acceptors (Lipinski definition) is 3. The SMILES string of the molecule is C1CCC(NCC[SiH](NC2CCCCC2)NC2CCCCC2)CC1. The molecule has 0 aromatic rings. The Morgan fingerprint density at radius 2 is 0.958 bits per heavy atom. The third kappa shape index (κ3) is 6.78. The highest BCUT2D eigenvalue weighted by Gasteiger charge is 2.23. The summed E-state index contributed by atoms with van der Waals surface area (Å²) in [6.45, 7) is 1.24. The molecule has 0 aliphatic heterocycles. The molecule has 3 aliphatic rings. The van der Waals surface area contributed by atoms with Crippen LogP contribution in [0.4, 0.5) is 0 Å². The van der Waals surface area contributed by atoms with Crippen molar-refractivity contribution in [2.75, 3.05) is 6.54 Å². The van der Waals surface area contributed by atoms with Gasteiger partial charge in [-0.15, -0.1) is 0 Å². The summed E-state index contributed by atoms with van der Waals surface area (Å²) >= 11 is 0. The molecule has 3 fully saturated rings. The molecule has 0 heterocycles. The summed E-state index contributed by atoms with van der Waals surface area (Å²) in [6.07, 6.45) is 21.6. The van der Waals surface area contributed by atoms with E-state index in [0.717, 1.165) is 18.1 Å². The third-order valence-electron chi connectivity index (χ3n) is 6.56. The molecule has 140 valence electrons. The van der Waals surface area contributed by atoms with E-state index in [1.807, 2.05) is 0 Å². The van der Waals surface area contributed by atoms with Gasteiger partial charge in [-0.2, -0.15) is 0 Å². The van der Waals surface area contributed by atoms with Crippen LogP contribution < -0.4 is 15.3 Å². The molecule has 3 N–H and O–H groups in total. The average molecular weight is 352 g/mol. The normalized spacial score (nSPS) is 25.4. The van der Waals surface area contributed by atoms with E-state index in [9.17, 15) is 0 Å². The van der Waals surface area contributed by atoms with Gasteiger partial charge < -0.3 is 15.3 Å². The van der Waals surface area contributed by atoms with Gasteiger partial charge in [-0.05, 0) is 51.1 Å². The summed E-state index contributed by atoms with van der Waals surface area (Å²) < 4.78 is 0. The van der Waals surface area contributed by atoms with Gasteiger partial charge in [0.15, 0.2) is 9.12 Å². The maximum absolute atomic E-state index is 4.13. The van der Waals surface area contributed by atoms with Gasteiger partial charge in [-0.3, -0.25) is 0 Å². The van der Waals surface area contributed by atoms with Crippen molar-refractivity contribution in [1.29, 1.82) is 0 Å². The van der Waals surface area contributed by atoms with Crippen LogP contribution in [0.2, 0.25) is 6.04 Å². The number of hydrogen-bond donors (Lipinski definition) is 3. The lowest BCUT2D eigenvalue weighted by Crippen LogP contribution is -2.56. The number of rotatable bonds is 8. The van der Waals surface area contributed by atoms with Crippen molar-refractivity contribution in [3.05, 3.63) is 0 Å². The maximum atomic E-state index is 4.13. The minimum atomic E-state index is -1.01. The first-order valence-electron chi connectivity index (χ1n) is 11.2. The van der Waals surface area contributed by atoms with Crippen LogP contribution in [0.25, 0.3) is 0 Å². The molecule has 0 saturated heterocycles.